The third-order valence-corrected chi connectivity index (χ3v) is 3.85. The van der Waals surface area contributed by atoms with E-state index in [-0.39, 0.29) is 5.82 Å². The first-order valence-electron chi connectivity index (χ1n) is 6.90. The molecule has 1 atom stereocenters. The van der Waals surface area contributed by atoms with Crippen LogP contribution in [0, 0.1) is 5.82 Å². The number of hydrogen-bond donors (Lipinski definition) is 1. The largest absolute Gasteiger partial charge is 0.350 e. The normalized spacial score (nSPS) is 12.6. The van der Waals surface area contributed by atoms with Crippen molar-refractivity contribution in [2.45, 2.75) is 32.4 Å². The van der Waals surface area contributed by atoms with Crippen LogP contribution in [0.1, 0.15) is 36.9 Å². The highest BCUT2D eigenvalue weighted by Gasteiger charge is 2.09. The summed E-state index contributed by atoms with van der Waals surface area (Å²) in [6.45, 7) is 2.87. The molecule has 1 N–H and O–H groups in total. The molecule has 0 fully saturated rings. The zero-order chi connectivity index (χ0) is 14.5. The number of rotatable bonds is 6. The molecule has 0 aliphatic rings. The highest BCUT2D eigenvalue weighted by atomic mass is 79.9. The van der Waals surface area contributed by atoms with Gasteiger partial charge in [0.05, 0.1) is 0 Å². The van der Waals surface area contributed by atoms with Crippen LogP contribution in [0.3, 0.4) is 0 Å². The van der Waals surface area contributed by atoms with Crippen LogP contribution in [0.2, 0.25) is 0 Å². The number of nitrogens with one attached hydrogen (secondary N) is 1. The van der Waals surface area contributed by atoms with E-state index in [1.807, 2.05) is 19.3 Å². The fourth-order valence-electron chi connectivity index (χ4n) is 2.44. The Bertz CT molecular complexity index is 545. The van der Waals surface area contributed by atoms with Gasteiger partial charge in [0.2, 0.25) is 0 Å². The molecule has 1 unspecified atom stereocenters. The fraction of sp³-hybridized carbons (Fsp3) is 0.375. The molecule has 0 radical (unpaired) electrons. The van der Waals surface area contributed by atoms with E-state index in [9.17, 15) is 4.39 Å². The van der Waals surface area contributed by atoms with Crippen molar-refractivity contribution in [2.75, 3.05) is 7.05 Å². The van der Waals surface area contributed by atoms with E-state index in [0.717, 1.165) is 22.9 Å². The van der Waals surface area contributed by atoms with Gasteiger partial charge in [0.25, 0.3) is 0 Å². The topological polar surface area (TPSA) is 17.0 Å². The van der Waals surface area contributed by atoms with Crippen molar-refractivity contribution in [1.29, 1.82) is 0 Å². The molecule has 0 saturated carbocycles. The van der Waals surface area contributed by atoms with Gasteiger partial charge in [-0.25, -0.2) is 4.39 Å². The Kier molecular flexibility index (Phi) is 5.38. The van der Waals surface area contributed by atoms with Gasteiger partial charge in [-0.2, -0.15) is 0 Å². The van der Waals surface area contributed by atoms with Crippen molar-refractivity contribution in [3.05, 3.63) is 58.1 Å². The SMILES string of the molecule is CCCC(NC)c1ccn(Cc2cc(F)cc(Br)c2)c1. The van der Waals surface area contributed by atoms with E-state index in [1.165, 1.54) is 11.6 Å². The van der Waals surface area contributed by atoms with Crippen LogP contribution in [-0.2, 0) is 6.54 Å². The molecule has 0 spiro atoms. The van der Waals surface area contributed by atoms with Gasteiger partial charge < -0.3 is 9.88 Å². The van der Waals surface area contributed by atoms with Crippen molar-refractivity contribution >= 4 is 15.9 Å². The van der Waals surface area contributed by atoms with Crippen LogP contribution in [0.15, 0.2) is 41.1 Å². The number of benzene rings is 1. The second kappa shape index (κ2) is 7.04. The van der Waals surface area contributed by atoms with Crippen LogP contribution in [0.4, 0.5) is 4.39 Å². The Labute approximate surface area is 128 Å². The van der Waals surface area contributed by atoms with Gasteiger partial charge in [-0.05, 0) is 48.9 Å². The predicted octanol–water partition coefficient (Wildman–Crippen LogP) is 4.50. The molecule has 2 nitrogen and oxygen atoms in total. The van der Waals surface area contributed by atoms with E-state index in [4.69, 9.17) is 0 Å². The monoisotopic (exact) mass is 338 g/mol. The fourth-order valence-corrected chi connectivity index (χ4v) is 2.96. The van der Waals surface area contributed by atoms with Crippen LogP contribution in [0.25, 0.3) is 0 Å². The smallest absolute Gasteiger partial charge is 0.124 e. The molecule has 0 amide bonds. The Morgan fingerprint density at radius 2 is 2.15 bits per heavy atom. The molecule has 0 saturated heterocycles. The van der Waals surface area contributed by atoms with Crippen molar-refractivity contribution < 1.29 is 4.39 Å². The summed E-state index contributed by atoms with van der Waals surface area (Å²) in [5, 5.41) is 3.33. The summed E-state index contributed by atoms with van der Waals surface area (Å²) in [7, 11) is 1.99. The maximum Gasteiger partial charge on any atom is 0.124 e. The molecular weight excluding hydrogens is 319 g/mol. The lowest BCUT2D eigenvalue weighted by Crippen LogP contribution is -2.15. The first-order valence-corrected chi connectivity index (χ1v) is 7.69. The summed E-state index contributed by atoms with van der Waals surface area (Å²) in [4.78, 5) is 0. The summed E-state index contributed by atoms with van der Waals surface area (Å²) in [6.07, 6.45) is 6.45. The molecule has 1 heterocycles. The number of aromatic nitrogens is 1. The molecule has 0 bridgehead atoms. The van der Waals surface area contributed by atoms with Crippen LogP contribution >= 0.6 is 15.9 Å². The van der Waals surface area contributed by atoms with Gasteiger partial charge >= 0.3 is 0 Å². The lowest BCUT2D eigenvalue weighted by molar-refractivity contribution is 0.540. The summed E-state index contributed by atoms with van der Waals surface area (Å²) in [5.74, 6) is -0.208. The third kappa shape index (κ3) is 3.93. The minimum atomic E-state index is -0.208. The molecule has 2 aromatic rings. The van der Waals surface area contributed by atoms with E-state index in [1.54, 1.807) is 6.07 Å². The number of halogens is 2. The summed E-state index contributed by atoms with van der Waals surface area (Å²) < 4.78 is 16.2. The maximum atomic E-state index is 13.4. The van der Waals surface area contributed by atoms with E-state index in [0.29, 0.717) is 12.6 Å². The molecule has 20 heavy (non-hydrogen) atoms. The van der Waals surface area contributed by atoms with Gasteiger partial charge in [-0.3, -0.25) is 0 Å². The molecule has 1 aromatic heterocycles. The maximum absolute atomic E-state index is 13.4. The molecule has 0 aliphatic heterocycles. The van der Waals surface area contributed by atoms with Crippen LogP contribution in [0.5, 0.6) is 0 Å². The molecule has 1 aromatic carbocycles. The van der Waals surface area contributed by atoms with Crippen LogP contribution in [-0.4, -0.2) is 11.6 Å². The van der Waals surface area contributed by atoms with Crippen molar-refractivity contribution in [1.82, 2.24) is 9.88 Å². The molecule has 108 valence electrons. The van der Waals surface area contributed by atoms with Crippen molar-refractivity contribution in [2.24, 2.45) is 0 Å². The minimum absolute atomic E-state index is 0.208. The number of hydrogen-bond acceptors (Lipinski definition) is 1. The standard InChI is InChI=1S/C16H20BrFN2/c1-3-4-16(19-2)13-5-6-20(11-13)10-12-7-14(17)9-15(18)8-12/h5-9,11,16,19H,3-4,10H2,1-2H3. The summed E-state index contributed by atoms with van der Waals surface area (Å²) >= 11 is 3.33. The van der Waals surface area contributed by atoms with E-state index >= 15 is 0 Å². The minimum Gasteiger partial charge on any atom is -0.350 e. The Hall–Kier alpha value is -1.13. The number of nitrogens with zero attached hydrogens (tertiary/aromatic N) is 1. The quantitative estimate of drug-likeness (QED) is 0.820. The van der Waals surface area contributed by atoms with Gasteiger partial charge in [-0.1, -0.05) is 29.3 Å². The highest BCUT2D eigenvalue weighted by Crippen LogP contribution is 2.20. The second-order valence-corrected chi connectivity index (χ2v) is 5.94. The van der Waals surface area contributed by atoms with Gasteiger partial charge in [0.15, 0.2) is 0 Å². The van der Waals surface area contributed by atoms with Crippen molar-refractivity contribution in [3.8, 4) is 0 Å². The summed E-state index contributed by atoms with van der Waals surface area (Å²) in [6, 6.07) is 7.52. The highest BCUT2D eigenvalue weighted by molar-refractivity contribution is 9.10. The lowest BCUT2D eigenvalue weighted by Gasteiger charge is -2.13. The van der Waals surface area contributed by atoms with Gasteiger partial charge in [0.1, 0.15) is 5.82 Å². The molecular formula is C16H20BrFN2. The zero-order valence-electron chi connectivity index (χ0n) is 11.9. The van der Waals surface area contributed by atoms with E-state index in [2.05, 4.69) is 45.0 Å². The van der Waals surface area contributed by atoms with Crippen molar-refractivity contribution in [3.63, 3.8) is 0 Å². The van der Waals surface area contributed by atoms with Gasteiger partial charge in [0, 0.05) is 29.5 Å². The Morgan fingerprint density at radius 3 is 2.80 bits per heavy atom. The van der Waals surface area contributed by atoms with Gasteiger partial charge in [-0.15, -0.1) is 0 Å². The average molecular weight is 339 g/mol. The first-order chi connectivity index (χ1) is 9.62. The Balaban J connectivity index is 2.12. The second-order valence-electron chi connectivity index (χ2n) is 5.02. The molecule has 4 heteroatoms. The third-order valence-electron chi connectivity index (χ3n) is 3.39. The van der Waals surface area contributed by atoms with Crippen LogP contribution < -0.4 is 5.32 Å². The lowest BCUT2D eigenvalue weighted by atomic mass is 10.1. The zero-order valence-corrected chi connectivity index (χ0v) is 13.5. The Morgan fingerprint density at radius 1 is 1.35 bits per heavy atom. The summed E-state index contributed by atoms with van der Waals surface area (Å²) in [5.41, 5.74) is 2.24. The van der Waals surface area contributed by atoms with E-state index < -0.39 is 0 Å². The first kappa shape index (κ1) is 15.3. The average Bonchev–Trinajstić information content (AvgIpc) is 2.83. The molecule has 2 rings (SSSR count). The predicted molar refractivity (Wildman–Crippen MR) is 84.3 cm³/mol. The molecule has 0 aliphatic carbocycles.